The van der Waals surface area contributed by atoms with Crippen molar-refractivity contribution in [3.8, 4) is 10.4 Å². The van der Waals surface area contributed by atoms with Gasteiger partial charge in [-0.05, 0) is 24.3 Å². The van der Waals surface area contributed by atoms with Gasteiger partial charge in [0.1, 0.15) is 0 Å². The number of thiophene rings is 1. The molecule has 1 saturated heterocycles. The van der Waals surface area contributed by atoms with Crippen LogP contribution in [0.1, 0.15) is 12.8 Å². The first-order valence-corrected chi connectivity index (χ1v) is 7.00. The second-order valence-electron chi connectivity index (χ2n) is 4.49. The van der Waals surface area contributed by atoms with Gasteiger partial charge in [-0.3, -0.25) is 0 Å². The van der Waals surface area contributed by atoms with Crippen LogP contribution in [0.25, 0.3) is 10.4 Å². The zero-order valence-corrected chi connectivity index (χ0v) is 10.8. The molecular formula is C13H15N3OS. The van der Waals surface area contributed by atoms with E-state index < -0.39 is 0 Å². The first-order chi connectivity index (χ1) is 8.83. The van der Waals surface area contributed by atoms with Crippen LogP contribution in [0.4, 0.5) is 5.95 Å². The van der Waals surface area contributed by atoms with Crippen LogP contribution in [0.5, 0.6) is 0 Å². The Morgan fingerprint density at radius 2 is 2.17 bits per heavy atom. The van der Waals surface area contributed by atoms with Crippen molar-refractivity contribution < 1.29 is 5.11 Å². The van der Waals surface area contributed by atoms with Crippen LogP contribution in [-0.4, -0.2) is 34.3 Å². The summed E-state index contributed by atoms with van der Waals surface area (Å²) in [5, 5.41) is 11.7. The maximum Gasteiger partial charge on any atom is 0.225 e. The van der Waals surface area contributed by atoms with Gasteiger partial charge in [-0.25, -0.2) is 9.97 Å². The summed E-state index contributed by atoms with van der Waals surface area (Å²) in [5.41, 5.74) is 1.05. The number of hydrogen-bond donors (Lipinski definition) is 1. The van der Waals surface area contributed by atoms with Crippen molar-refractivity contribution in [2.24, 2.45) is 0 Å². The number of β-amino-alcohol motifs (C(OH)–C–C–N with tert-alkyl or cyclic N) is 1. The molecule has 0 radical (unpaired) electrons. The number of hydrogen-bond acceptors (Lipinski definition) is 5. The summed E-state index contributed by atoms with van der Waals surface area (Å²) in [6.45, 7) is 1.56. The molecule has 0 bridgehead atoms. The Kier molecular flexibility index (Phi) is 3.25. The average Bonchev–Trinajstić information content (AvgIpc) is 2.93. The van der Waals surface area contributed by atoms with Crippen molar-refractivity contribution in [3.63, 3.8) is 0 Å². The molecule has 5 heteroatoms. The molecule has 0 saturated carbocycles. The molecule has 18 heavy (non-hydrogen) atoms. The van der Waals surface area contributed by atoms with Crippen LogP contribution in [0.2, 0.25) is 0 Å². The van der Waals surface area contributed by atoms with Gasteiger partial charge < -0.3 is 10.0 Å². The van der Waals surface area contributed by atoms with Crippen LogP contribution in [-0.2, 0) is 0 Å². The van der Waals surface area contributed by atoms with E-state index >= 15 is 0 Å². The number of aliphatic hydroxyl groups is 1. The van der Waals surface area contributed by atoms with E-state index in [0.29, 0.717) is 12.5 Å². The average molecular weight is 261 g/mol. The highest BCUT2D eigenvalue weighted by Gasteiger charge is 2.19. The van der Waals surface area contributed by atoms with Crippen LogP contribution in [0, 0.1) is 0 Å². The molecule has 1 unspecified atom stereocenters. The second-order valence-corrected chi connectivity index (χ2v) is 5.44. The molecule has 1 atom stereocenters. The molecule has 1 aliphatic rings. The highest BCUT2D eigenvalue weighted by molar-refractivity contribution is 7.13. The Hall–Kier alpha value is -1.46. The smallest absolute Gasteiger partial charge is 0.225 e. The quantitative estimate of drug-likeness (QED) is 0.900. The van der Waals surface area contributed by atoms with Gasteiger partial charge in [0.05, 0.1) is 6.10 Å². The van der Waals surface area contributed by atoms with E-state index in [-0.39, 0.29) is 6.10 Å². The lowest BCUT2D eigenvalue weighted by Gasteiger charge is -2.29. The summed E-state index contributed by atoms with van der Waals surface area (Å²) in [5.74, 6) is 0.717. The van der Waals surface area contributed by atoms with Crippen molar-refractivity contribution in [3.05, 3.63) is 29.9 Å². The van der Waals surface area contributed by atoms with E-state index in [1.807, 2.05) is 28.7 Å². The SMILES string of the molecule is OC1CCCN(c2ncc(-c3cccs3)cn2)C1. The minimum absolute atomic E-state index is 0.251. The highest BCUT2D eigenvalue weighted by atomic mass is 32.1. The molecule has 2 aromatic rings. The van der Waals surface area contributed by atoms with Gasteiger partial charge >= 0.3 is 0 Å². The molecule has 0 aliphatic carbocycles. The summed E-state index contributed by atoms with van der Waals surface area (Å²) in [4.78, 5) is 12.0. The zero-order chi connectivity index (χ0) is 12.4. The van der Waals surface area contributed by atoms with Crippen molar-refractivity contribution in [1.29, 1.82) is 0 Å². The third-order valence-corrected chi connectivity index (χ3v) is 4.04. The first-order valence-electron chi connectivity index (χ1n) is 6.12. The van der Waals surface area contributed by atoms with Crippen molar-refractivity contribution in [2.75, 3.05) is 18.0 Å². The largest absolute Gasteiger partial charge is 0.391 e. The fraction of sp³-hybridized carbons (Fsp3) is 0.385. The molecule has 94 valence electrons. The molecule has 3 heterocycles. The van der Waals surface area contributed by atoms with Gasteiger partial charge in [-0.2, -0.15) is 0 Å². The molecular weight excluding hydrogens is 246 g/mol. The molecule has 2 aromatic heterocycles. The molecule has 0 amide bonds. The highest BCUT2D eigenvalue weighted by Crippen LogP contribution is 2.24. The van der Waals surface area contributed by atoms with Crippen LogP contribution >= 0.6 is 11.3 Å². The third-order valence-electron chi connectivity index (χ3n) is 3.12. The topological polar surface area (TPSA) is 49.2 Å². The monoisotopic (exact) mass is 261 g/mol. The lowest BCUT2D eigenvalue weighted by molar-refractivity contribution is 0.153. The van der Waals surface area contributed by atoms with E-state index in [9.17, 15) is 5.11 Å². The zero-order valence-electron chi connectivity index (χ0n) is 9.99. The number of anilines is 1. The minimum atomic E-state index is -0.251. The predicted molar refractivity (Wildman–Crippen MR) is 72.8 cm³/mol. The van der Waals surface area contributed by atoms with Crippen molar-refractivity contribution in [2.45, 2.75) is 18.9 Å². The van der Waals surface area contributed by atoms with Gasteiger partial charge in [0.2, 0.25) is 5.95 Å². The van der Waals surface area contributed by atoms with Crippen molar-refractivity contribution >= 4 is 17.3 Å². The van der Waals surface area contributed by atoms with Gasteiger partial charge in [0.25, 0.3) is 0 Å². The van der Waals surface area contributed by atoms with E-state index in [0.717, 1.165) is 24.9 Å². The summed E-state index contributed by atoms with van der Waals surface area (Å²) >= 11 is 1.68. The number of nitrogens with zero attached hydrogens (tertiary/aromatic N) is 3. The van der Waals surface area contributed by atoms with E-state index in [2.05, 4.69) is 16.0 Å². The Balaban J connectivity index is 1.78. The van der Waals surface area contributed by atoms with E-state index in [1.54, 1.807) is 11.3 Å². The van der Waals surface area contributed by atoms with Gasteiger partial charge in [0.15, 0.2) is 0 Å². The molecule has 0 aromatic carbocycles. The fourth-order valence-electron chi connectivity index (χ4n) is 2.19. The molecule has 1 fully saturated rings. The Morgan fingerprint density at radius 3 is 2.83 bits per heavy atom. The third kappa shape index (κ3) is 2.37. The Bertz CT molecular complexity index is 497. The molecule has 1 N–H and O–H groups in total. The molecule has 0 spiro atoms. The minimum Gasteiger partial charge on any atom is -0.391 e. The standard InChI is InChI=1S/C13H15N3OS/c17-11-3-1-5-16(9-11)13-14-7-10(8-15-13)12-4-2-6-18-12/h2,4,6-8,11,17H,1,3,5,9H2. The summed E-state index contributed by atoms with van der Waals surface area (Å²) < 4.78 is 0. The van der Waals surface area contributed by atoms with Gasteiger partial charge in [0, 0.05) is 35.9 Å². The molecule has 4 nitrogen and oxygen atoms in total. The lowest BCUT2D eigenvalue weighted by Crippen LogP contribution is -2.39. The lowest BCUT2D eigenvalue weighted by atomic mass is 10.1. The van der Waals surface area contributed by atoms with Gasteiger partial charge in [-0.15, -0.1) is 11.3 Å². The predicted octanol–water partition coefficient (Wildman–Crippen LogP) is 2.17. The number of piperidine rings is 1. The van der Waals surface area contributed by atoms with E-state index in [4.69, 9.17) is 0 Å². The second kappa shape index (κ2) is 5.04. The fourth-order valence-corrected chi connectivity index (χ4v) is 2.89. The normalized spacial score (nSPS) is 20.1. The summed E-state index contributed by atoms with van der Waals surface area (Å²) in [7, 11) is 0. The molecule has 1 aliphatic heterocycles. The van der Waals surface area contributed by atoms with E-state index in [1.165, 1.54) is 4.88 Å². The van der Waals surface area contributed by atoms with Crippen LogP contribution < -0.4 is 4.90 Å². The maximum atomic E-state index is 9.65. The molecule has 3 rings (SSSR count). The first kappa shape index (κ1) is 11.6. The van der Waals surface area contributed by atoms with Crippen LogP contribution in [0.3, 0.4) is 0 Å². The number of rotatable bonds is 2. The van der Waals surface area contributed by atoms with Crippen molar-refractivity contribution in [1.82, 2.24) is 9.97 Å². The number of aromatic nitrogens is 2. The maximum absolute atomic E-state index is 9.65. The summed E-state index contributed by atoms with van der Waals surface area (Å²) in [6.07, 6.45) is 5.34. The summed E-state index contributed by atoms with van der Waals surface area (Å²) in [6, 6.07) is 4.09. The van der Waals surface area contributed by atoms with Crippen LogP contribution in [0.15, 0.2) is 29.9 Å². The Morgan fingerprint density at radius 1 is 1.33 bits per heavy atom. The van der Waals surface area contributed by atoms with Gasteiger partial charge in [-0.1, -0.05) is 6.07 Å². The Labute approximate surface area is 110 Å². The number of aliphatic hydroxyl groups excluding tert-OH is 1.